The zero-order chi connectivity index (χ0) is 16.3. The molecule has 1 fully saturated rings. The van der Waals surface area contributed by atoms with Crippen molar-refractivity contribution in [3.63, 3.8) is 0 Å². The Morgan fingerprint density at radius 3 is 2.65 bits per heavy atom. The van der Waals surface area contributed by atoms with Crippen molar-refractivity contribution >= 4 is 5.91 Å². The fourth-order valence-corrected chi connectivity index (χ4v) is 3.61. The minimum Gasteiger partial charge on any atom is -0.348 e. The third-order valence-electron chi connectivity index (χ3n) is 4.77. The second-order valence-electron chi connectivity index (χ2n) is 6.26. The SMILES string of the molecule is Cc1ccccc1C1(C(=O)NCc2n[nH]c(=O)[nH]2)CCCCC1. The van der Waals surface area contributed by atoms with E-state index < -0.39 is 5.41 Å². The number of carbonyl (C=O) groups excluding carboxylic acids is 1. The van der Waals surface area contributed by atoms with Crippen LogP contribution in [0.4, 0.5) is 0 Å². The molecule has 3 N–H and O–H groups in total. The molecule has 0 aliphatic heterocycles. The number of H-pyrrole nitrogens is 2. The van der Waals surface area contributed by atoms with Gasteiger partial charge in [-0.15, -0.1) is 0 Å². The standard InChI is InChI=1S/C17H22N4O2/c1-12-7-3-4-8-13(12)17(9-5-2-6-10-17)15(22)18-11-14-19-16(23)21-20-14/h3-4,7-8H,2,5-6,9-11H2,1H3,(H,18,22)(H2,19,20,21,23). The fourth-order valence-electron chi connectivity index (χ4n) is 3.61. The lowest BCUT2D eigenvalue weighted by atomic mass is 9.67. The summed E-state index contributed by atoms with van der Waals surface area (Å²) in [5.41, 5.74) is 1.44. The summed E-state index contributed by atoms with van der Waals surface area (Å²) in [6, 6.07) is 8.12. The zero-order valence-electron chi connectivity index (χ0n) is 13.3. The Bertz CT molecular complexity index is 741. The quantitative estimate of drug-likeness (QED) is 0.805. The molecule has 0 unspecified atom stereocenters. The van der Waals surface area contributed by atoms with E-state index >= 15 is 0 Å². The Hall–Kier alpha value is -2.37. The highest BCUT2D eigenvalue weighted by Crippen LogP contribution is 2.41. The van der Waals surface area contributed by atoms with Gasteiger partial charge in [0.05, 0.1) is 12.0 Å². The average molecular weight is 314 g/mol. The average Bonchev–Trinajstić information content (AvgIpc) is 2.99. The summed E-state index contributed by atoms with van der Waals surface area (Å²) in [6.07, 6.45) is 5.01. The molecule has 23 heavy (non-hydrogen) atoms. The smallest absolute Gasteiger partial charge is 0.340 e. The maximum atomic E-state index is 13.0. The van der Waals surface area contributed by atoms with Crippen molar-refractivity contribution in [1.29, 1.82) is 0 Å². The summed E-state index contributed by atoms with van der Waals surface area (Å²) in [6.45, 7) is 2.29. The normalized spacial score (nSPS) is 16.9. The van der Waals surface area contributed by atoms with Crippen molar-refractivity contribution < 1.29 is 4.79 Å². The first-order chi connectivity index (χ1) is 11.1. The Labute approximate surface area is 134 Å². The van der Waals surface area contributed by atoms with Crippen molar-refractivity contribution in [2.75, 3.05) is 0 Å². The van der Waals surface area contributed by atoms with Gasteiger partial charge in [-0.05, 0) is 30.9 Å². The van der Waals surface area contributed by atoms with Gasteiger partial charge in [0.25, 0.3) is 0 Å². The highest BCUT2D eigenvalue weighted by molar-refractivity contribution is 5.88. The highest BCUT2D eigenvalue weighted by atomic mass is 16.2. The third kappa shape index (κ3) is 3.06. The highest BCUT2D eigenvalue weighted by Gasteiger charge is 2.41. The monoisotopic (exact) mass is 314 g/mol. The van der Waals surface area contributed by atoms with Crippen molar-refractivity contribution in [3.05, 3.63) is 51.7 Å². The summed E-state index contributed by atoms with van der Waals surface area (Å²) < 4.78 is 0. The minimum absolute atomic E-state index is 0.0235. The van der Waals surface area contributed by atoms with Crippen LogP contribution in [0.15, 0.2) is 29.1 Å². The molecule has 2 aromatic rings. The Morgan fingerprint density at radius 1 is 1.26 bits per heavy atom. The summed E-state index contributed by atoms with van der Waals surface area (Å²) in [5.74, 6) is 0.467. The predicted octanol–water partition coefficient (Wildman–Crippen LogP) is 1.92. The van der Waals surface area contributed by atoms with Gasteiger partial charge >= 0.3 is 5.69 Å². The molecule has 0 spiro atoms. The van der Waals surface area contributed by atoms with Gasteiger partial charge in [0.1, 0.15) is 5.82 Å². The predicted molar refractivity (Wildman–Crippen MR) is 87.0 cm³/mol. The molecule has 3 rings (SSSR count). The Morgan fingerprint density at radius 2 is 2.00 bits per heavy atom. The maximum Gasteiger partial charge on any atom is 0.340 e. The lowest BCUT2D eigenvalue weighted by Gasteiger charge is -2.37. The summed E-state index contributed by atoms with van der Waals surface area (Å²) in [4.78, 5) is 26.7. The zero-order valence-corrected chi connectivity index (χ0v) is 13.3. The van der Waals surface area contributed by atoms with E-state index in [1.165, 1.54) is 6.42 Å². The Balaban J connectivity index is 1.85. The number of carbonyl (C=O) groups is 1. The first-order valence-corrected chi connectivity index (χ1v) is 8.10. The topological polar surface area (TPSA) is 90.6 Å². The molecule has 0 radical (unpaired) electrons. The molecule has 6 heteroatoms. The number of hydrogen-bond acceptors (Lipinski definition) is 3. The minimum atomic E-state index is -0.472. The van der Waals surface area contributed by atoms with Crippen LogP contribution in [0, 0.1) is 6.92 Å². The van der Waals surface area contributed by atoms with Gasteiger partial charge in [-0.3, -0.25) is 9.78 Å². The summed E-state index contributed by atoms with van der Waals surface area (Å²) in [7, 11) is 0. The van der Waals surface area contributed by atoms with Crippen LogP contribution in [-0.4, -0.2) is 21.1 Å². The largest absolute Gasteiger partial charge is 0.348 e. The Kier molecular flexibility index (Phi) is 4.32. The summed E-state index contributed by atoms with van der Waals surface area (Å²) >= 11 is 0. The second kappa shape index (κ2) is 6.40. The first-order valence-electron chi connectivity index (χ1n) is 8.10. The van der Waals surface area contributed by atoms with Gasteiger partial charge in [-0.2, -0.15) is 5.10 Å². The van der Waals surface area contributed by atoms with Crippen LogP contribution in [0.1, 0.15) is 49.1 Å². The van der Waals surface area contributed by atoms with Crippen LogP contribution in [0.3, 0.4) is 0 Å². The van der Waals surface area contributed by atoms with E-state index in [2.05, 4.69) is 39.6 Å². The lowest BCUT2D eigenvalue weighted by Crippen LogP contribution is -2.46. The van der Waals surface area contributed by atoms with Crippen LogP contribution < -0.4 is 11.0 Å². The number of benzene rings is 1. The molecule has 122 valence electrons. The molecule has 1 heterocycles. The molecule has 0 bridgehead atoms. The molecular weight excluding hydrogens is 292 g/mol. The van der Waals surface area contributed by atoms with E-state index in [1.54, 1.807) is 0 Å². The number of aromatic amines is 2. The van der Waals surface area contributed by atoms with Crippen molar-refractivity contribution in [3.8, 4) is 0 Å². The molecule has 0 saturated heterocycles. The molecule has 1 aromatic carbocycles. The number of aryl methyl sites for hydroxylation is 1. The van der Waals surface area contributed by atoms with Gasteiger partial charge in [-0.1, -0.05) is 43.5 Å². The van der Waals surface area contributed by atoms with E-state index in [4.69, 9.17) is 0 Å². The van der Waals surface area contributed by atoms with Gasteiger partial charge in [0.2, 0.25) is 5.91 Å². The van der Waals surface area contributed by atoms with E-state index in [1.807, 2.05) is 12.1 Å². The molecule has 6 nitrogen and oxygen atoms in total. The van der Waals surface area contributed by atoms with Crippen molar-refractivity contribution in [2.45, 2.75) is 51.0 Å². The fraction of sp³-hybridized carbons (Fsp3) is 0.471. The van der Waals surface area contributed by atoms with Crippen molar-refractivity contribution in [1.82, 2.24) is 20.5 Å². The van der Waals surface area contributed by atoms with Gasteiger partial charge in [0.15, 0.2) is 0 Å². The van der Waals surface area contributed by atoms with Crippen LogP contribution >= 0.6 is 0 Å². The van der Waals surface area contributed by atoms with E-state index in [0.717, 1.165) is 36.8 Å². The van der Waals surface area contributed by atoms with Gasteiger partial charge < -0.3 is 5.32 Å². The number of amides is 1. The lowest BCUT2D eigenvalue weighted by molar-refractivity contribution is -0.128. The van der Waals surface area contributed by atoms with E-state index in [-0.39, 0.29) is 18.1 Å². The number of nitrogens with zero attached hydrogens (tertiary/aromatic N) is 1. The van der Waals surface area contributed by atoms with Crippen LogP contribution in [0.5, 0.6) is 0 Å². The molecule has 1 aromatic heterocycles. The maximum absolute atomic E-state index is 13.0. The van der Waals surface area contributed by atoms with Gasteiger partial charge in [0, 0.05) is 0 Å². The van der Waals surface area contributed by atoms with Crippen molar-refractivity contribution in [2.24, 2.45) is 0 Å². The van der Waals surface area contributed by atoms with Crippen LogP contribution in [0.2, 0.25) is 0 Å². The number of rotatable bonds is 4. The number of hydrogen-bond donors (Lipinski definition) is 3. The number of nitrogens with one attached hydrogen (secondary N) is 3. The second-order valence-corrected chi connectivity index (χ2v) is 6.26. The van der Waals surface area contributed by atoms with Crippen LogP contribution in [-0.2, 0) is 16.8 Å². The molecule has 1 amide bonds. The summed E-state index contributed by atoms with van der Waals surface area (Å²) in [5, 5.41) is 9.10. The molecule has 1 saturated carbocycles. The first kappa shape index (κ1) is 15.5. The molecule has 0 atom stereocenters. The van der Waals surface area contributed by atoms with E-state index in [9.17, 15) is 9.59 Å². The molecule has 1 aliphatic rings. The van der Waals surface area contributed by atoms with Crippen LogP contribution in [0.25, 0.3) is 0 Å². The van der Waals surface area contributed by atoms with E-state index in [0.29, 0.717) is 5.82 Å². The van der Waals surface area contributed by atoms with Gasteiger partial charge in [-0.25, -0.2) is 9.89 Å². The third-order valence-corrected chi connectivity index (χ3v) is 4.77. The molecular formula is C17H22N4O2. The molecule has 1 aliphatic carbocycles. The number of aromatic nitrogens is 3.